The van der Waals surface area contributed by atoms with Crippen LogP contribution in [-0.4, -0.2) is 41.2 Å². The first-order valence-electron chi connectivity index (χ1n) is 11.1. The highest BCUT2D eigenvalue weighted by atomic mass is 32.2. The summed E-state index contributed by atoms with van der Waals surface area (Å²) in [6, 6.07) is 11.3. The van der Waals surface area contributed by atoms with Gasteiger partial charge in [0.2, 0.25) is 10.0 Å². The van der Waals surface area contributed by atoms with Gasteiger partial charge in [0.15, 0.2) is 18.1 Å². The van der Waals surface area contributed by atoms with Crippen LogP contribution in [0.1, 0.15) is 50.6 Å². The molecule has 0 radical (unpaired) electrons. The SMILES string of the molecule is COc1ccc([C@@H](C)NC(=O)COc2ccc(S(=O)(=O)NC3CCCCC3)cc2)cc1OC. The van der Waals surface area contributed by atoms with Crippen LogP contribution in [0.3, 0.4) is 0 Å². The molecule has 1 aliphatic rings. The van der Waals surface area contributed by atoms with Crippen LogP contribution in [-0.2, 0) is 14.8 Å². The molecule has 2 aromatic rings. The van der Waals surface area contributed by atoms with E-state index >= 15 is 0 Å². The molecule has 0 unspecified atom stereocenters. The van der Waals surface area contributed by atoms with Crippen molar-refractivity contribution in [3.8, 4) is 17.2 Å². The van der Waals surface area contributed by atoms with E-state index in [2.05, 4.69) is 10.0 Å². The highest BCUT2D eigenvalue weighted by molar-refractivity contribution is 7.89. The maximum Gasteiger partial charge on any atom is 0.258 e. The van der Waals surface area contributed by atoms with Gasteiger partial charge in [-0.25, -0.2) is 13.1 Å². The van der Waals surface area contributed by atoms with Crippen molar-refractivity contribution in [1.29, 1.82) is 0 Å². The summed E-state index contributed by atoms with van der Waals surface area (Å²) in [6.45, 7) is 1.67. The average Bonchev–Trinajstić information content (AvgIpc) is 2.82. The van der Waals surface area contributed by atoms with Crippen molar-refractivity contribution in [3.05, 3.63) is 48.0 Å². The van der Waals surface area contributed by atoms with Crippen LogP contribution in [0.2, 0.25) is 0 Å². The summed E-state index contributed by atoms with van der Waals surface area (Å²) < 4.78 is 44.0. The number of nitrogens with one attached hydrogen (secondary N) is 2. The molecular weight excluding hydrogens is 444 g/mol. The topological polar surface area (TPSA) is 103 Å². The largest absolute Gasteiger partial charge is 0.493 e. The van der Waals surface area contributed by atoms with Crippen molar-refractivity contribution in [3.63, 3.8) is 0 Å². The van der Waals surface area contributed by atoms with Gasteiger partial charge in [-0.2, -0.15) is 0 Å². The Hall–Kier alpha value is -2.78. The van der Waals surface area contributed by atoms with Crippen molar-refractivity contribution >= 4 is 15.9 Å². The van der Waals surface area contributed by atoms with E-state index in [-0.39, 0.29) is 29.5 Å². The van der Waals surface area contributed by atoms with Crippen molar-refractivity contribution in [2.24, 2.45) is 0 Å². The molecule has 1 amide bonds. The highest BCUT2D eigenvalue weighted by Crippen LogP contribution is 2.30. The van der Waals surface area contributed by atoms with Gasteiger partial charge in [-0.15, -0.1) is 0 Å². The Kier molecular flexibility index (Phi) is 8.57. The van der Waals surface area contributed by atoms with Crippen LogP contribution in [0, 0.1) is 0 Å². The van der Waals surface area contributed by atoms with Gasteiger partial charge in [-0.3, -0.25) is 4.79 Å². The van der Waals surface area contributed by atoms with Crippen LogP contribution in [0.4, 0.5) is 0 Å². The van der Waals surface area contributed by atoms with Crippen molar-refractivity contribution in [2.45, 2.75) is 56.0 Å². The molecule has 2 aromatic carbocycles. The van der Waals surface area contributed by atoms with Crippen LogP contribution in [0.15, 0.2) is 47.4 Å². The van der Waals surface area contributed by atoms with E-state index in [1.54, 1.807) is 32.4 Å². The summed E-state index contributed by atoms with van der Waals surface area (Å²) in [6.07, 6.45) is 5.00. The molecule has 1 aliphatic carbocycles. The Morgan fingerprint density at radius 3 is 2.30 bits per heavy atom. The maximum absolute atomic E-state index is 12.6. The number of rotatable bonds is 10. The van der Waals surface area contributed by atoms with Gasteiger partial charge in [-0.05, 0) is 61.7 Å². The second-order valence-electron chi connectivity index (χ2n) is 8.12. The molecule has 33 heavy (non-hydrogen) atoms. The van der Waals surface area contributed by atoms with Crippen molar-refractivity contribution in [1.82, 2.24) is 10.0 Å². The number of methoxy groups -OCH3 is 2. The number of hydrogen-bond donors (Lipinski definition) is 2. The lowest BCUT2D eigenvalue weighted by Crippen LogP contribution is -2.36. The Morgan fingerprint density at radius 2 is 1.67 bits per heavy atom. The summed E-state index contributed by atoms with van der Waals surface area (Å²) in [5.41, 5.74) is 0.862. The molecule has 1 saturated carbocycles. The standard InChI is InChI=1S/C24H32N2O6S/c1-17(18-9-14-22(30-2)23(15-18)31-3)25-24(27)16-32-20-10-12-21(13-11-20)33(28,29)26-19-7-5-4-6-8-19/h9-15,17,19,26H,4-8,16H2,1-3H3,(H,25,27)/t17-/m1/s1. The fourth-order valence-electron chi connectivity index (χ4n) is 3.86. The van der Waals surface area contributed by atoms with E-state index in [0.29, 0.717) is 17.2 Å². The van der Waals surface area contributed by atoms with Crippen LogP contribution >= 0.6 is 0 Å². The third kappa shape index (κ3) is 6.85. The first-order valence-corrected chi connectivity index (χ1v) is 12.6. The first-order chi connectivity index (χ1) is 15.8. The number of carbonyl (C=O) groups excluding carboxylic acids is 1. The molecule has 0 heterocycles. The van der Waals surface area contributed by atoms with E-state index in [1.807, 2.05) is 19.1 Å². The minimum Gasteiger partial charge on any atom is -0.493 e. The normalized spacial score (nSPS) is 15.5. The molecule has 0 aromatic heterocycles. The Labute approximate surface area is 195 Å². The fourth-order valence-corrected chi connectivity index (χ4v) is 5.17. The molecule has 1 atom stereocenters. The smallest absolute Gasteiger partial charge is 0.258 e. The van der Waals surface area contributed by atoms with Crippen LogP contribution < -0.4 is 24.2 Å². The van der Waals surface area contributed by atoms with Gasteiger partial charge in [-0.1, -0.05) is 25.3 Å². The lowest BCUT2D eigenvalue weighted by molar-refractivity contribution is -0.123. The van der Waals surface area contributed by atoms with Gasteiger partial charge >= 0.3 is 0 Å². The molecule has 0 spiro atoms. The number of hydrogen-bond acceptors (Lipinski definition) is 6. The lowest BCUT2D eigenvalue weighted by atomic mass is 9.96. The molecule has 8 nitrogen and oxygen atoms in total. The molecule has 1 fully saturated rings. The predicted molar refractivity (Wildman–Crippen MR) is 125 cm³/mol. The van der Waals surface area contributed by atoms with Gasteiger partial charge < -0.3 is 19.5 Å². The Morgan fingerprint density at radius 1 is 1.00 bits per heavy atom. The monoisotopic (exact) mass is 476 g/mol. The van der Waals surface area contributed by atoms with Crippen molar-refractivity contribution in [2.75, 3.05) is 20.8 Å². The fraction of sp³-hybridized carbons (Fsp3) is 0.458. The minimum absolute atomic E-state index is 0.00367. The minimum atomic E-state index is -3.57. The number of carbonyl (C=O) groups is 1. The van der Waals surface area contributed by atoms with Gasteiger partial charge in [0.1, 0.15) is 5.75 Å². The molecule has 180 valence electrons. The van der Waals surface area contributed by atoms with E-state index < -0.39 is 10.0 Å². The van der Waals surface area contributed by atoms with Gasteiger partial charge in [0.05, 0.1) is 25.2 Å². The summed E-state index contributed by atoms with van der Waals surface area (Å²) in [5.74, 6) is 1.32. The number of sulfonamides is 1. The zero-order valence-corrected chi connectivity index (χ0v) is 20.1. The van der Waals surface area contributed by atoms with E-state index in [1.165, 1.54) is 12.1 Å². The molecule has 2 N–H and O–H groups in total. The zero-order chi connectivity index (χ0) is 23.8. The lowest BCUT2D eigenvalue weighted by Gasteiger charge is -2.22. The highest BCUT2D eigenvalue weighted by Gasteiger charge is 2.22. The van der Waals surface area contributed by atoms with Gasteiger partial charge in [0, 0.05) is 6.04 Å². The predicted octanol–water partition coefficient (Wildman–Crippen LogP) is 3.57. The second kappa shape index (κ2) is 11.4. The van der Waals surface area contributed by atoms with E-state index in [9.17, 15) is 13.2 Å². The third-order valence-corrected chi connectivity index (χ3v) is 7.25. The number of ether oxygens (including phenoxy) is 3. The van der Waals surface area contributed by atoms with E-state index in [4.69, 9.17) is 14.2 Å². The second-order valence-corrected chi connectivity index (χ2v) is 9.83. The van der Waals surface area contributed by atoms with E-state index in [0.717, 1.165) is 37.7 Å². The third-order valence-electron chi connectivity index (χ3n) is 5.72. The summed E-state index contributed by atoms with van der Waals surface area (Å²) in [7, 11) is -0.448. The molecule has 0 saturated heterocycles. The molecule has 0 aliphatic heterocycles. The summed E-state index contributed by atoms with van der Waals surface area (Å²) in [4.78, 5) is 12.5. The Bertz CT molecular complexity index is 1030. The summed E-state index contributed by atoms with van der Waals surface area (Å²) in [5, 5.41) is 2.87. The first kappa shape index (κ1) is 24.9. The Balaban J connectivity index is 1.52. The van der Waals surface area contributed by atoms with Crippen LogP contribution in [0.5, 0.6) is 17.2 Å². The van der Waals surface area contributed by atoms with Gasteiger partial charge in [0.25, 0.3) is 5.91 Å². The summed E-state index contributed by atoms with van der Waals surface area (Å²) >= 11 is 0. The maximum atomic E-state index is 12.6. The number of amides is 1. The molecule has 3 rings (SSSR count). The number of benzene rings is 2. The molecule has 9 heteroatoms. The average molecular weight is 477 g/mol. The molecule has 0 bridgehead atoms. The quantitative estimate of drug-likeness (QED) is 0.543. The zero-order valence-electron chi connectivity index (χ0n) is 19.3. The van der Waals surface area contributed by atoms with Crippen LogP contribution in [0.25, 0.3) is 0 Å². The van der Waals surface area contributed by atoms with Crippen molar-refractivity contribution < 1.29 is 27.4 Å². The molecular formula is C24H32N2O6S.